The third-order valence-corrected chi connectivity index (χ3v) is 11.8. The van der Waals surface area contributed by atoms with E-state index in [9.17, 15) is 19.8 Å². The second kappa shape index (κ2) is 46.4. The van der Waals surface area contributed by atoms with Crippen LogP contribution in [0.25, 0.3) is 0 Å². The van der Waals surface area contributed by atoms with Crippen molar-refractivity contribution in [2.45, 2.75) is 289 Å². The van der Waals surface area contributed by atoms with Crippen molar-refractivity contribution < 1.29 is 24.5 Å². The predicted octanol–water partition coefficient (Wildman–Crippen LogP) is 15.1. The highest BCUT2D eigenvalue weighted by Gasteiger charge is 2.24. The fourth-order valence-electron chi connectivity index (χ4n) is 7.89. The molecule has 0 spiro atoms. The zero-order valence-electron chi connectivity index (χ0n) is 38.9. The minimum atomic E-state index is -0.790. The summed E-state index contributed by atoms with van der Waals surface area (Å²) in [4.78, 5) is 26.0. The Hall–Kier alpha value is -1.66. The van der Waals surface area contributed by atoms with E-state index in [1.165, 1.54) is 161 Å². The quantitative estimate of drug-likeness (QED) is 0.0323. The van der Waals surface area contributed by atoms with E-state index < -0.39 is 18.2 Å². The molecule has 58 heavy (non-hydrogen) atoms. The largest absolute Gasteiger partial charge is 0.462 e. The van der Waals surface area contributed by atoms with E-state index in [0.29, 0.717) is 19.3 Å². The standard InChI is InChI=1S/C52H99NO5/c1-4-7-10-13-16-19-21-23-25-26-27-29-32-34-37-40-43-48(58-52(57)45-42-39-36-31-18-15-12-9-6-3)46-51(56)53-49(47-54)50(55)44-41-38-35-33-30-28-24-22-20-17-14-11-8-5-2/h25-27,29,48-50,54-55H,4-24,28,30-47H2,1-3H3,(H,53,56)/b26-25+,29-27+. The molecule has 3 unspecified atom stereocenters. The van der Waals surface area contributed by atoms with Crippen molar-refractivity contribution in [1.82, 2.24) is 5.32 Å². The van der Waals surface area contributed by atoms with Crippen LogP contribution in [0.1, 0.15) is 271 Å². The van der Waals surface area contributed by atoms with Crippen LogP contribution in [-0.4, -0.2) is 46.9 Å². The van der Waals surface area contributed by atoms with Crippen LogP contribution < -0.4 is 5.32 Å². The molecule has 0 saturated carbocycles. The molecular weight excluding hydrogens is 719 g/mol. The first kappa shape index (κ1) is 56.3. The molecule has 0 aliphatic carbocycles. The van der Waals surface area contributed by atoms with E-state index in [1.807, 2.05) is 0 Å². The van der Waals surface area contributed by atoms with E-state index in [1.54, 1.807) is 0 Å². The lowest BCUT2D eigenvalue weighted by atomic mass is 10.0. The first-order chi connectivity index (χ1) is 28.5. The van der Waals surface area contributed by atoms with E-state index in [-0.39, 0.29) is 24.9 Å². The summed E-state index contributed by atoms with van der Waals surface area (Å²) < 4.78 is 5.90. The Bertz CT molecular complexity index is 919. The van der Waals surface area contributed by atoms with Crippen LogP contribution in [-0.2, 0) is 14.3 Å². The van der Waals surface area contributed by atoms with Gasteiger partial charge in [-0.3, -0.25) is 9.59 Å². The van der Waals surface area contributed by atoms with Gasteiger partial charge < -0.3 is 20.3 Å². The highest BCUT2D eigenvalue weighted by molar-refractivity contribution is 5.77. The van der Waals surface area contributed by atoms with Crippen molar-refractivity contribution in [2.75, 3.05) is 6.61 Å². The van der Waals surface area contributed by atoms with Crippen molar-refractivity contribution in [2.24, 2.45) is 0 Å². The van der Waals surface area contributed by atoms with Gasteiger partial charge in [0, 0.05) is 6.42 Å². The Morgan fingerprint density at radius 3 is 1.29 bits per heavy atom. The summed E-state index contributed by atoms with van der Waals surface area (Å²) in [6.07, 6.45) is 52.4. The summed E-state index contributed by atoms with van der Waals surface area (Å²) in [6, 6.07) is -0.704. The maximum atomic E-state index is 13.2. The predicted molar refractivity (Wildman–Crippen MR) is 250 cm³/mol. The summed E-state index contributed by atoms with van der Waals surface area (Å²) in [7, 11) is 0. The molecule has 3 atom stereocenters. The number of aliphatic hydroxyl groups is 2. The molecule has 0 heterocycles. The van der Waals surface area contributed by atoms with E-state index in [2.05, 4.69) is 50.4 Å². The highest BCUT2D eigenvalue weighted by Crippen LogP contribution is 2.18. The van der Waals surface area contributed by atoms with Crippen LogP contribution in [0.15, 0.2) is 24.3 Å². The molecule has 0 aliphatic rings. The van der Waals surface area contributed by atoms with Gasteiger partial charge in [0.15, 0.2) is 0 Å². The third-order valence-electron chi connectivity index (χ3n) is 11.8. The number of hydrogen-bond acceptors (Lipinski definition) is 5. The molecule has 0 aromatic rings. The summed E-state index contributed by atoms with van der Waals surface area (Å²) in [5.41, 5.74) is 0. The van der Waals surface area contributed by atoms with Gasteiger partial charge in [0.25, 0.3) is 0 Å². The molecule has 0 bridgehead atoms. The summed E-state index contributed by atoms with van der Waals surface area (Å²) in [5.74, 6) is -0.491. The molecule has 0 radical (unpaired) electrons. The average Bonchev–Trinajstić information content (AvgIpc) is 3.22. The fourth-order valence-corrected chi connectivity index (χ4v) is 7.89. The second-order valence-corrected chi connectivity index (χ2v) is 17.6. The number of ether oxygens (including phenoxy) is 1. The molecule has 0 aromatic heterocycles. The molecule has 342 valence electrons. The van der Waals surface area contributed by atoms with Crippen molar-refractivity contribution in [1.29, 1.82) is 0 Å². The second-order valence-electron chi connectivity index (χ2n) is 17.6. The first-order valence-corrected chi connectivity index (χ1v) is 25.6. The van der Waals surface area contributed by atoms with Crippen LogP contribution in [0.3, 0.4) is 0 Å². The minimum Gasteiger partial charge on any atom is -0.462 e. The van der Waals surface area contributed by atoms with Gasteiger partial charge in [-0.05, 0) is 51.4 Å². The molecule has 1 amide bonds. The summed E-state index contributed by atoms with van der Waals surface area (Å²) in [6.45, 7) is 6.47. The molecule has 0 fully saturated rings. The molecule has 0 saturated heterocycles. The Morgan fingerprint density at radius 1 is 0.500 bits per heavy atom. The van der Waals surface area contributed by atoms with Gasteiger partial charge in [0.1, 0.15) is 6.10 Å². The number of amides is 1. The lowest BCUT2D eigenvalue weighted by Crippen LogP contribution is -2.46. The zero-order chi connectivity index (χ0) is 42.4. The number of unbranched alkanes of at least 4 members (excludes halogenated alkanes) is 31. The summed E-state index contributed by atoms with van der Waals surface area (Å²) in [5, 5.41) is 23.7. The van der Waals surface area contributed by atoms with E-state index >= 15 is 0 Å². The van der Waals surface area contributed by atoms with Crippen molar-refractivity contribution >= 4 is 11.9 Å². The van der Waals surface area contributed by atoms with Gasteiger partial charge in [-0.25, -0.2) is 0 Å². The van der Waals surface area contributed by atoms with Gasteiger partial charge in [-0.2, -0.15) is 0 Å². The Kier molecular flexibility index (Phi) is 45.1. The molecule has 6 nitrogen and oxygen atoms in total. The van der Waals surface area contributed by atoms with Crippen LogP contribution in [0.2, 0.25) is 0 Å². The topological polar surface area (TPSA) is 95.9 Å². The van der Waals surface area contributed by atoms with E-state index in [4.69, 9.17) is 4.74 Å². The van der Waals surface area contributed by atoms with Crippen LogP contribution in [0, 0.1) is 0 Å². The number of aliphatic hydroxyl groups excluding tert-OH is 2. The van der Waals surface area contributed by atoms with Gasteiger partial charge >= 0.3 is 5.97 Å². The Labute approximate surface area is 361 Å². The van der Waals surface area contributed by atoms with Crippen molar-refractivity contribution in [3.63, 3.8) is 0 Å². The molecule has 0 rings (SSSR count). The molecule has 3 N–H and O–H groups in total. The highest BCUT2D eigenvalue weighted by atomic mass is 16.5. The maximum Gasteiger partial charge on any atom is 0.306 e. The molecular formula is C52H99NO5. The number of rotatable bonds is 46. The lowest BCUT2D eigenvalue weighted by Gasteiger charge is -2.24. The third kappa shape index (κ3) is 41.1. The van der Waals surface area contributed by atoms with Gasteiger partial charge in [-0.15, -0.1) is 0 Å². The van der Waals surface area contributed by atoms with Crippen LogP contribution in [0.5, 0.6) is 0 Å². The first-order valence-electron chi connectivity index (χ1n) is 25.6. The number of nitrogens with one attached hydrogen (secondary N) is 1. The summed E-state index contributed by atoms with van der Waals surface area (Å²) >= 11 is 0. The Morgan fingerprint density at radius 2 is 0.862 bits per heavy atom. The van der Waals surface area contributed by atoms with Crippen molar-refractivity contribution in [3.05, 3.63) is 24.3 Å². The van der Waals surface area contributed by atoms with Crippen LogP contribution >= 0.6 is 0 Å². The maximum absolute atomic E-state index is 13.2. The monoisotopic (exact) mass is 818 g/mol. The minimum absolute atomic E-state index is 0.0645. The SMILES string of the molecule is CCCCCCCCC/C=C/C=C/CCCCCC(CC(=O)NC(CO)C(O)CCCCCCCCCCCCCCCC)OC(=O)CCCCCCCCCCC. The zero-order valence-corrected chi connectivity index (χ0v) is 38.9. The van der Waals surface area contributed by atoms with Gasteiger partial charge in [0.2, 0.25) is 5.91 Å². The van der Waals surface area contributed by atoms with Crippen molar-refractivity contribution in [3.8, 4) is 0 Å². The van der Waals surface area contributed by atoms with Crippen LogP contribution in [0.4, 0.5) is 0 Å². The number of allylic oxidation sites excluding steroid dienone is 4. The normalized spacial score (nSPS) is 13.4. The number of carbonyl (C=O) groups excluding carboxylic acids is 2. The van der Waals surface area contributed by atoms with Gasteiger partial charge in [0.05, 0.1) is 25.2 Å². The molecule has 6 heteroatoms. The Balaban J connectivity index is 4.56. The molecule has 0 aromatic carbocycles. The van der Waals surface area contributed by atoms with E-state index in [0.717, 1.165) is 64.2 Å². The fraction of sp³-hybridized carbons (Fsp3) is 0.885. The molecule has 0 aliphatic heterocycles. The lowest BCUT2D eigenvalue weighted by molar-refractivity contribution is -0.151. The van der Waals surface area contributed by atoms with Gasteiger partial charge in [-0.1, -0.05) is 231 Å². The number of carbonyl (C=O) groups is 2. The number of esters is 1. The average molecular weight is 818 g/mol. The number of hydrogen-bond donors (Lipinski definition) is 3. The smallest absolute Gasteiger partial charge is 0.306 e.